The molecule has 41 heavy (non-hydrogen) atoms. The van der Waals surface area contributed by atoms with Crippen molar-refractivity contribution in [1.29, 1.82) is 0 Å². The first-order valence-electron chi connectivity index (χ1n) is 13.7. The SMILES string of the molecule is Cc1ccc([C@H]2[C@H]3C(=O)N(c4ccccc4)C(=O)[C@H]3c3sc(C)nc3[C@@H]2[C@H]2CC(=O)N(c3ccccc3)C2=O)cc1. The third-order valence-corrected chi connectivity index (χ3v) is 9.69. The highest BCUT2D eigenvalue weighted by Crippen LogP contribution is 2.60. The van der Waals surface area contributed by atoms with Gasteiger partial charge in [-0.2, -0.15) is 0 Å². The Morgan fingerprint density at radius 3 is 1.93 bits per heavy atom. The van der Waals surface area contributed by atoms with E-state index in [1.807, 2.05) is 50.2 Å². The highest BCUT2D eigenvalue weighted by Gasteiger charge is 2.62. The third kappa shape index (κ3) is 3.89. The molecule has 4 amide bonds. The van der Waals surface area contributed by atoms with Crippen molar-refractivity contribution in [3.8, 4) is 0 Å². The molecule has 0 spiro atoms. The fraction of sp³-hybridized carbons (Fsp3) is 0.242. The monoisotopic (exact) mass is 561 g/mol. The van der Waals surface area contributed by atoms with E-state index in [4.69, 9.17) is 4.98 Å². The van der Waals surface area contributed by atoms with Crippen LogP contribution in [0.2, 0.25) is 0 Å². The maximum Gasteiger partial charge on any atom is 0.243 e. The standard InChI is InChI=1S/C33H27N3O4S/c1-18-13-15-20(16-14-18)25-26(23-17-24(37)35(31(23)38)21-9-5-3-6-10-21)29-30(41-19(2)34-29)28-27(25)32(39)36(33(28)40)22-11-7-4-8-12-22/h3-16,23,25-28H,17H2,1-2H3/t23-,25-,26-,27-,28-/m1/s1. The van der Waals surface area contributed by atoms with Gasteiger partial charge in [0, 0.05) is 23.1 Å². The second-order valence-electron chi connectivity index (χ2n) is 11.0. The maximum absolute atomic E-state index is 14.3. The van der Waals surface area contributed by atoms with E-state index in [0.29, 0.717) is 17.1 Å². The van der Waals surface area contributed by atoms with Crippen LogP contribution in [0.5, 0.6) is 0 Å². The van der Waals surface area contributed by atoms with E-state index in [1.165, 1.54) is 21.1 Å². The van der Waals surface area contributed by atoms with Gasteiger partial charge in [0.2, 0.25) is 23.6 Å². The molecule has 3 heterocycles. The molecule has 2 fully saturated rings. The molecule has 1 aliphatic carbocycles. The van der Waals surface area contributed by atoms with Gasteiger partial charge in [0.15, 0.2) is 0 Å². The lowest BCUT2D eigenvalue weighted by atomic mass is 9.62. The van der Waals surface area contributed by atoms with Crippen LogP contribution in [-0.4, -0.2) is 28.6 Å². The van der Waals surface area contributed by atoms with Crippen LogP contribution in [0.1, 0.15) is 50.9 Å². The number of carbonyl (C=O) groups is 4. The molecule has 5 atom stereocenters. The Bertz CT molecular complexity index is 1700. The van der Waals surface area contributed by atoms with Crippen molar-refractivity contribution in [3.63, 3.8) is 0 Å². The summed E-state index contributed by atoms with van der Waals surface area (Å²) in [5.41, 5.74) is 3.65. The van der Waals surface area contributed by atoms with Gasteiger partial charge >= 0.3 is 0 Å². The fourth-order valence-electron chi connectivity index (χ4n) is 6.90. The molecule has 0 N–H and O–H groups in total. The lowest BCUT2D eigenvalue weighted by Gasteiger charge is -2.39. The van der Waals surface area contributed by atoms with Gasteiger partial charge < -0.3 is 0 Å². The van der Waals surface area contributed by atoms with Crippen molar-refractivity contribution in [1.82, 2.24) is 4.98 Å². The van der Waals surface area contributed by atoms with Crippen LogP contribution in [0.25, 0.3) is 0 Å². The average Bonchev–Trinajstić information content (AvgIpc) is 3.59. The number of fused-ring (bicyclic) bond motifs is 3. The van der Waals surface area contributed by atoms with Crippen LogP contribution in [0.4, 0.5) is 11.4 Å². The van der Waals surface area contributed by atoms with Crippen molar-refractivity contribution in [2.75, 3.05) is 9.80 Å². The number of thiazole rings is 1. The fourth-order valence-corrected chi connectivity index (χ4v) is 8.03. The summed E-state index contributed by atoms with van der Waals surface area (Å²) in [4.78, 5) is 64.1. The molecule has 0 bridgehead atoms. The Balaban J connectivity index is 1.42. The molecular weight excluding hydrogens is 534 g/mol. The highest BCUT2D eigenvalue weighted by molar-refractivity contribution is 7.12. The maximum atomic E-state index is 14.3. The molecular formula is C33H27N3O4S. The first-order chi connectivity index (χ1) is 19.8. The second-order valence-corrected chi connectivity index (χ2v) is 12.2. The minimum atomic E-state index is -0.726. The number of anilines is 2. The van der Waals surface area contributed by atoms with Crippen molar-refractivity contribution in [3.05, 3.63) is 112 Å². The van der Waals surface area contributed by atoms with E-state index in [9.17, 15) is 19.2 Å². The number of hydrogen-bond donors (Lipinski definition) is 0. The molecule has 7 rings (SSSR count). The van der Waals surface area contributed by atoms with Gasteiger partial charge in [-0.05, 0) is 43.7 Å². The molecule has 0 unspecified atom stereocenters. The summed E-state index contributed by atoms with van der Waals surface area (Å²) < 4.78 is 0. The van der Waals surface area contributed by atoms with Gasteiger partial charge in [-0.25, -0.2) is 9.88 Å². The van der Waals surface area contributed by atoms with Crippen LogP contribution >= 0.6 is 11.3 Å². The van der Waals surface area contributed by atoms with Crippen molar-refractivity contribution in [2.24, 2.45) is 11.8 Å². The average molecular weight is 562 g/mol. The molecule has 3 aromatic carbocycles. The van der Waals surface area contributed by atoms with Crippen molar-refractivity contribution in [2.45, 2.75) is 38.0 Å². The molecule has 8 heteroatoms. The van der Waals surface area contributed by atoms with Gasteiger partial charge in [0.1, 0.15) is 0 Å². The minimum Gasteiger partial charge on any atom is -0.274 e. The lowest BCUT2D eigenvalue weighted by molar-refractivity contribution is -0.125. The number of amides is 4. The van der Waals surface area contributed by atoms with Crippen molar-refractivity contribution < 1.29 is 19.2 Å². The molecule has 4 aromatic rings. The molecule has 3 aliphatic rings. The molecule has 0 saturated carbocycles. The minimum absolute atomic E-state index is 0.0126. The van der Waals surface area contributed by atoms with Gasteiger partial charge in [-0.1, -0.05) is 66.2 Å². The molecule has 204 valence electrons. The number of rotatable bonds is 4. The van der Waals surface area contributed by atoms with Crippen LogP contribution in [0.15, 0.2) is 84.9 Å². The number of nitrogens with zero attached hydrogens (tertiary/aromatic N) is 3. The van der Waals surface area contributed by atoms with Crippen LogP contribution in [-0.2, 0) is 19.2 Å². The molecule has 7 nitrogen and oxygen atoms in total. The Kier molecular flexibility index (Phi) is 5.97. The van der Waals surface area contributed by atoms with Gasteiger partial charge in [-0.3, -0.25) is 24.1 Å². The van der Waals surface area contributed by atoms with E-state index < -0.39 is 29.6 Å². The molecule has 2 saturated heterocycles. The Labute approximate surface area is 241 Å². The number of imide groups is 2. The van der Waals surface area contributed by atoms with Crippen LogP contribution < -0.4 is 9.80 Å². The quantitative estimate of drug-likeness (QED) is 0.308. The summed E-state index contributed by atoms with van der Waals surface area (Å²) in [6.45, 7) is 3.87. The normalized spacial score (nSPS) is 25.6. The van der Waals surface area contributed by atoms with E-state index in [0.717, 1.165) is 21.0 Å². The summed E-state index contributed by atoms with van der Waals surface area (Å²) in [5, 5.41) is 0.762. The number of para-hydroxylation sites is 2. The zero-order valence-electron chi connectivity index (χ0n) is 22.6. The zero-order valence-corrected chi connectivity index (χ0v) is 23.4. The summed E-state index contributed by atoms with van der Waals surface area (Å²) in [6, 6.07) is 25.9. The van der Waals surface area contributed by atoms with Gasteiger partial charge in [0.05, 0.1) is 39.8 Å². The predicted octanol–water partition coefficient (Wildman–Crippen LogP) is 5.49. The summed E-state index contributed by atoms with van der Waals surface area (Å²) in [6.07, 6.45) is 0.0126. The number of aryl methyl sites for hydroxylation is 2. The van der Waals surface area contributed by atoms with E-state index >= 15 is 0 Å². The first-order valence-corrected chi connectivity index (χ1v) is 14.6. The Morgan fingerprint density at radius 1 is 0.683 bits per heavy atom. The molecule has 0 radical (unpaired) electrons. The summed E-state index contributed by atoms with van der Waals surface area (Å²) >= 11 is 1.41. The predicted molar refractivity (Wildman–Crippen MR) is 156 cm³/mol. The number of aromatic nitrogens is 1. The van der Waals surface area contributed by atoms with E-state index in [1.54, 1.807) is 48.5 Å². The number of carbonyl (C=O) groups excluding carboxylic acids is 4. The topological polar surface area (TPSA) is 87.7 Å². The number of benzene rings is 3. The van der Waals surface area contributed by atoms with Gasteiger partial charge in [-0.15, -0.1) is 11.3 Å². The summed E-state index contributed by atoms with van der Waals surface area (Å²) in [5.74, 6) is -4.33. The lowest BCUT2D eigenvalue weighted by Crippen LogP contribution is -2.39. The van der Waals surface area contributed by atoms with Crippen LogP contribution in [0, 0.1) is 25.7 Å². The third-order valence-electron chi connectivity index (χ3n) is 8.62. The highest BCUT2D eigenvalue weighted by atomic mass is 32.1. The number of hydrogen-bond acceptors (Lipinski definition) is 6. The van der Waals surface area contributed by atoms with Gasteiger partial charge in [0.25, 0.3) is 0 Å². The van der Waals surface area contributed by atoms with Crippen LogP contribution in [0.3, 0.4) is 0 Å². The first kappa shape index (κ1) is 25.5. The largest absolute Gasteiger partial charge is 0.274 e. The molecule has 1 aromatic heterocycles. The molecule has 2 aliphatic heterocycles. The van der Waals surface area contributed by atoms with E-state index in [-0.39, 0.29) is 30.0 Å². The zero-order chi connectivity index (χ0) is 28.4. The Hall–Kier alpha value is -4.43. The van der Waals surface area contributed by atoms with E-state index in [2.05, 4.69) is 0 Å². The second kappa shape index (κ2) is 9.59. The smallest absolute Gasteiger partial charge is 0.243 e. The van der Waals surface area contributed by atoms with Crippen molar-refractivity contribution >= 4 is 46.3 Å². The Morgan fingerprint density at radius 2 is 1.29 bits per heavy atom. The summed E-state index contributed by atoms with van der Waals surface area (Å²) in [7, 11) is 0.